The van der Waals surface area contributed by atoms with Crippen molar-refractivity contribution < 1.29 is 9.21 Å². The van der Waals surface area contributed by atoms with Crippen molar-refractivity contribution in [1.82, 2.24) is 24.8 Å². The first kappa shape index (κ1) is 20.6. The molecule has 31 heavy (non-hydrogen) atoms. The Morgan fingerprint density at radius 1 is 1.26 bits per heavy atom. The molecule has 1 aromatic carbocycles. The molecule has 0 atom stereocenters. The maximum atomic E-state index is 12.7. The molecule has 4 rings (SSSR count). The number of hydrogen-bond donors (Lipinski definition) is 1. The number of hydrogen-bond acceptors (Lipinski definition) is 6. The summed E-state index contributed by atoms with van der Waals surface area (Å²) in [6.45, 7) is 4.01. The molecule has 0 radical (unpaired) electrons. The molecule has 10 heteroatoms. The van der Waals surface area contributed by atoms with Crippen LogP contribution in [0.2, 0.25) is 0 Å². The monoisotopic (exact) mass is 479 g/mol. The minimum Gasteiger partial charge on any atom is -0.467 e. The van der Waals surface area contributed by atoms with E-state index in [1.165, 1.54) is 4.80 Å². The third kappa shape index (κ3) is 4.27. The highest BCUT2D eigenvalue weighted by atomic mass is 79.9. The van der Waals surface area contributed by atoms with Gasteiger partial charge in [0, 0.05) is 15.7 Å². The molecular weight excluding hydrogens is 462 g/mol. The van der Waals surface area contributed by atoms with Gasteiger partial charge in [-0.25, -0.2) is 0 Å². The number of nitriles is 1. The fourth-order valence-corrected chi connectivity index (χ4v) is 3.48. The number of carbonyl (C=O) groups excluding carboxylic acids is 1. The largest absolute Gasteiger partial charge is 0.467 e. The lowest BCUT2D eigenvalue weighted by atomic mass is 10.2. The van der Waals surface area contributed by atoms with Crippen LogP contribution in [0.5, 0.6) is 0 Å². The van der Waals surface area contributed by atoms with Crippen LogP contribution in [0, 0.1) is 25.2 Å². The molecule has 0 aliphatic heterocycles. The summed E-state index contributed by atoms with van der Waals surface area (Å²) in [5, 5.41) is 24.7. The van der Waals surface area contributed by atoms with Crippen LogP contribution in [0.15, 0.2) is 51.6 Å². The molecule has 0 bridgehead atoms. The summed E-state index contributed by atoms with van der Waals surface area (Å²) in [5.74, 6) is 1.20. The Labute approximate surface area is 186 Å². The van der Waals surface area contributed by atoms with Crippen molar-refractivity contribution in [2.24, 2.45) is 0 Å². The number of tetrazole rings is 1. The summed E-state index contributed by atoms with van der Waals surface area (Å²) >= 11 is 3.38. The lowest BCUT2D eigenvalue weighted by molar-refractivity contribution is -0.117. The Balaban J connectivity index is 1.54. The number of nitrogens with one attached hydrogen (secondary N) is 1. The fourth-order valence-electron chi connectivity index (χ4n) is 3.21. The zero-order valence-corrected chi connectivity index (χ0v) is 18.4. The van der Waals surface area contributed by atoms with E-state index in [9.17, 15) is 10.1 Å². The van der Waals surface area contributed by atoms with E-state index >= 15 is 0 Å². The molecule has 1 amide bonds. The number of nitrogens with zero attached hydrogens (tertiary/aromatic N) is 6. The van der Waals surface area contributed by atoms with Crippen molar-refractivity contribution in [2.75, 3.05) is 5.32 Å². The fraction of sp³-hybridized carbons (Fsp3) is 0.190. The Morgan fingerprint density at radius 2 is 2.03 bits per heavy atom. The molecule has 3 heterocycles. The smallest absolute Gasteiger partial charge is 0.249 e. The molecule has 4 aromatic rings. The van der Waals surface area contributed by atoms with Gasteiger partial charge in [-0.15, -0.1) is 10.2 Å². The molecule has 9 nitrogen and oxygen atoms in total. The molecule has 0 saturated heterocycles. The third-order valence-electron chi connectivity index (χ3n) is 4.93. The number of anilines is 1. The highest BCUT2D eigenvalue weighted by Crippen LogP contribution is 2.27. The van der Waals surface area contributed by atoms with Gasteiger partial charge in [-0.05, 0) is 61.0 Å². The van der Waals surface area contributed by atoms with E-state index in [0.717, 1.165) is 27.1 Å². The molecule has 156 valence electrons. The predicted molar refractivity (Wildman–Crippen MR) is 116 cm³/mol. The highest BCUT2D eigenvalue weighted by molar-refractivity contribution is 9.10. The summed E-state index contributed by atoms with van der Waals surface area (Å²) in [6.07, 6.45) is 1.59. The standard InChI is InChI=1S/C21H18BrN7O2/c1-13-14(2)28(11-17-4-3-9-31-17)21(18(13)10-23)24-19(30)12-29-26-20(25-27-29)15-5-7-16(22)8-6-15/h3-9H,11-12H2,1-2H3,(H,24,30). The van der Waals surface area contributed by atoms with Crippen molar-refractivity contribution in [1.29, 1.82) is 5.26 Å². The second-order valence-electron chi connectivity index (χ2n) is 6.91. The number of benzene rings is 1. The maximum Gasteiger partial charge on any atom is 0.249 e. The van der Waals surface area contributed by atoms with Gasteiger partial charge in [-0.2, -0.15) is 10.1 Å². The van der Waals surface area contributed by atoms with Crippen LogP contribution in [0.3, 0.4) is 0 Å². The first-order valence-electron chi connectivity index (χ1n) is 9.42. The maximum absolute atomic E-state index is 12.7. The average molecular weight is 480 g/mol. The molecule has 0 unspecified atom stereocenters. The molecule has 0 aliphatic carbocycles. The van der Waals surface area contributed by atoms with Crippen LogP contribution in [-0.4, -0.2) is 30.7 Å². The van der Waals surface area contributed by atoms with Crippen molar-refractivity contribution in [3.05, 3.63) is 69.7 Å². The highest BCUT2D eigenvalue weighted by Gasteiger charge is 2.21. The number of amides is 1. The van der Waals surface area contributed by atoms with Gasteiger partial charge < -0.3 is 14.3 Å². The molecule has 0 fully saturated rings. The SMILES string of the molecule is Cc1c(C#N)c(NC(=O)Cn2nnc(-c3ccc(Br)cc3)n2)n(Cc2ccco2)c1C. The summed E-state index contributed by atoms with van der Waals surface area (Å²) < 4.78 is 8.23. The summed E-state index contributed by atoms with van der Waals surface area (Å²) in [5.41, 5.74) is 2.89. The number of rotatable bonds is 6. The predicted octanol–water partition coefficient (Wildman–Crippen LogP) is 3.67. The van der Waals surface area contributed by atoms with Crippen molar-refractivity contribution in [3.8, 4) is 17.5 Å². The number of furan rings is 1. The van der Waals surface area contributed by atoms with Crippen LogP contribution < -0.4 is 5.32 Å². The van der Waals surface area contributed by atoms with Crippen LogP contribution in [-0.2, 0) is 17.9 Å². The van der Waals surface area contributed by atoms with Crippen LogP contribution in [0.4, 0.5) is 5.82 Å². The normalized spacial score (nSPS) is 10.8. The van der Waals surface area contributed by atoms with Crippen molar-refractivity contribution in [2.45, 2.75) is 26.9 Å². The van der Waals surface area contributed by atoms with Crippen LogP contribution >= 0.6 is 15.9 Å². The van der Waals surface area contributed by atoms with E-state index in [1.807, 2.05) is 48.7 Å². The minimum absolute atomic E-state index is 0.140. The Hall–Kier alpha value is -3.71. The number of halogens is 1. The zero-order chi connectivity index (χ0) is 22.0. The van der Waals surface area contributed by atoms with Gasteiger partial charge in [0.2, 0.25) is 11.7 Å². The minimum atomic E-state index is -0.366. The van der Waals surface area contributed by atoms with Gasteiger partial charge in [0.1, 0.15) is 24.2 Å². The summed E-state index contributed by atoms with van der Waals surface area (Å²) in [6, 6.07) is 13.3. The van der Waals surface area contributed by atoms with Gasteiger partial charge in [0.25, 0.3) is 0 Å². The van der Waals surface area contributed by atoms with E-state index in [4.69, 9.17) is 4.42 Å². The lowest BCUT2D eigenvalue weighted by Gasteiger charge is -2.11. The van der Waals surface area contributed by atoms with Crippen LogP contribution in [0.25, 0.3) is 11.4 Å². The van der Waals surface area contributed by atoms with Crippen molar-refractivity contribution in [3.63, 3.8) is 0 Å². The van der Waals surface area contributed by atoms with Gasteiger partial charge in [0.05, 0.1) is 18.4 Å². The first-order valence-corrected chi connectivity index (χ1v) is 10.2. The molecule has 0 spiro atoms. The Morgan fingerprint density at radius 3 is 2.71 bits per heavy atom. The van der Waals surface area contributed by atoms with Gasteiger partial charge in [0.15, 0.2) is 0 Å². The van der Waals surface area contributed by atoms with Crippen molar-refractivity contribution >= 4 is 27.7 Å². The van der Waals surface area contributed by atoms with E-state index in [2.05, 4.69) is 42.7 Å². The van der Waals surface area contributed by atoms with Gasteiger partial charge in [-0.3, -0.25) is 4.79 Å². The molecule has 3 aromatic heterocycles. The van der Waals surface area contributed by atoms with E-state index in [1.54, 1.807) is 12.3 Å². The molecule has 0 aliphatic rings. The number of carbonyl (C=O) groups is 1. The molecule has 1 N–H and O–H groups in total. The molecular formula is C21H18BrN7O2. The second-order valence-corrected chi connectivity index (χ2v) is 7.83. The number of aromatic nitrogens is 5. The van der Waals surface area contributed by atoms with Gasteiger partial charge >= 0.3 is 0 Å². The third-order valence-corrected chi connectivity index (χ3v) is 5.46. The van der Waals surface area contributed by atoms with E-state index in [-0.39, 0.29) is 12.5 Å². The Kier molecular flexibility index (Phi) is 5.68. The average Bonchev–Trinajstić information content (AvgIpc) is 3.47. The Bertz CT molecular complexity index is 1260. The summed E-state index contributed by atoms with van der Waals surface area (Å²) in [4.78, 5) is 13.9. The van der Waals surface area contributed by atoms with Crippen LogP contribution in [0.1, 0.15) is 22.6 Å². The quantitative estimate of drug-likeness (QED) is 0.451. The molecule has 0 saturated carbocycles. The lowest BCUT2D eigenvalue weighted by Crippen LogP contribution is -2.23. The second kappa shape index (κ2) is 8.57. The van der Waals surface area contributed by atoms with Gasteiger partial charge in [-0.1, -0.05) is 15.9 Å². The summed E-state index contributed by atoms with van der Waals surface area (Å²) in [7, 11) is 0. The van der Waals surface area contributed by atoms with E-state index in [0.29, 0.717) is 23.8 Å². The topological polar surface area (TPSA) is 115 Å². The zero-order valence-electron chi connectivity index (χ0n) is 16.8. The first-order chi connectivity index (χ1) is 15.0. The van der Waals surface area contributed by atoms with E-state index < -0.39 is 0 Å².